The van der Waals surface area contributed by atoms with Crippen molar-refractivity contribution in [1.29, 1.82) is 0 Å². The highest BCUT2D eigenvalue weighted by Crippen LogP contribution is 2.11. The summed E-state index contributed by atoms with van der Waals surface area (Å²) in [7, 11) is 0. The number of hydrogen-bond donors (Lipinski definition) is 0. The number of rotatable bonds is 2. The van der Waals surface area contributed by atoms with Crippen molar-refractivity contribution in [2.75, 3.05) is 0 Å². The molecular formula is C10H17N3O2. The number of ether oxygens (including phenoxy) is 1. The molecule has 15 heavy (non-hydrogen) atoms. The minimum Gasteiger partial charge on any atom is -0.455 e. The minimum atomic E-state index is -0.501. The third-order valence-electron chi connectivity index (χ3n) is 1.65. The summed E-state index contributed by atoms with van der Waals surface area (Å²) in [5.74, 6) is -0.436. The zero-order valence-electron chi connectivity index (χ0n) is 9.81. The van der Waals surface area contributed by atoms with Gasteiger partial charge in [0.15, 0.2) is 5.69 Å². The number of nitrogens with zero attached hydrogens (tertiary/aromatic N) is 3. The molecule has 0 bridgehead atoms. The smallest absolute Gasteiger partial charge is 0.361 e. The molecule has 0 aliphatic rings. The monoisotopic (exact) mass is 211 g/mol. The average Bonchev–Trinajstić information content (AvgIpc) is 2.47. The molecule has 0 fully saturated rings. The SMILES string of the molecule is CC(C)n1cc(C(=O)OC(C)(C)C)nn1. The van der Waals surface area contributed by atoms with Gasteiger partial charge in [-0.1, -0.05) is 5.21 Å². The molecule has 0 radical (unpaired) electrons. The van der Waals surface area contributed by atoms with Gasteiger partial charge in [0, 0.05) is 6.04 Å². The van der Waals surface area contributed by atoms with Crippen LogP contribution in [0.1, 0.15) is 51.1 Å². The maximum atomic E-state index is 11.6. The Balaban J connectivity index is 2.75. The standard InChI is InChI=1S/C10H17N3O2/c1-7(2)13-6-8(11-12-13)9(14)15-10(3,4)5/h6-7H,1-5H3. The first-order chi connectivity index (χ1) is 6.79. The van der Waals surface area contributed by atoms with Crippen LogP contribution in [0.3, 0.4) is 0 Å². The molecule has 5 nitrogen and oxygen atoms in total. The highest BCUT2D eigenvalue weighted by Gasteiger charge is 2.20. The fourth-order valence-corrected chi connectivity index (χ4v) is 0.953. The fraction of sp³-hybridized carbons (Fsp3) is 0.700. The van der Waals surface area contributed by atoms with Crippen LogP contribution in [-0.4, -0.2) is 26.6 Å². The maximum Gasteiger partial charge on any atom is 0.361 e. The Morgan fingerprint density at radius 3 is 2.47 bits per heavy atom. The van der Waals surface area contributed by atoms with Crippen molar-refractivity contribution in [2.24, 2.45) is 0 Å². The minimum absolute atomic E-state index is 0.189. The number of esters is 1. The molecule has 0 unspecified atom stereocenters. The van der Waals surface area contributed by atoms with Crippen molar-refractivity contribution in [3.05, 3.63) is 11.9 Å². The van der Waals surface area contributed by atoms with Gasteiger partial charge in [-0.05, 0) is 34.6 Å². The zero-order chi connectivity index (χ0) is 11.6. The second-order valence-electron chi connectivity index (χ2n) is 4.68. The van der Waals surface area contributed by atoms with Gasteiger partial charge >= 0.3 is 5.97 Å². The van der Waals surface area contributed by atoms with Gasteiger partial charge < -0.3 is 4.74 Å². The lowest BCUT2D eigenvalue weighted by Gasteiger charge is -2.18. The van der Waals surface area contributed by atoms with Crippen LogP contribution >= 0.6 is 0 Å². The van der Waals surface area contributed by atoms with Gasteiger partial charge in [-0.3, -0.25) is 0 Å². The van der Waals surface area contributed by atoms with E-state index in [-0.39, 0.29) is 11.7 Å². The molecule has 1 aromatic rings. The number of hydrogen-bond acceptors (Lipinski definition) is 4. The van der Waals surface area contributed by atoms with Gasteiger partial charge in [0.1, 0.15) is 5.60 Å². The first-order valence-electron chi connectivity index (χ1n) is 4.95. The van der Waals surface area contributed by atoms with Crippen LogP contribution < -0.4 is 0 Å². The molecule has 1 rings (SSSR count). The van der Waals surface area contributed by atoms with Gasteiger partial charge in [0.05, 0.1) is 6.20 Å². The number of carbonyl (C=O) groups excluding carboxylic acids is 1. The van der Waals surface area contributed by atoms with Crippen molar-refractivity contribution in [1.82, 2.24) is 15.0 Å². The Kier molecular flexibility index (Phi) is 3.12. The van der Waals surface area contributed by atoms with Crippen LogP contribution in [0.25, 0.3) is 0 Å². The van der Waals surface area contributed by atoms with E-state index in [4.69, 9.17) is 4.74 Å². The predicted octanol–water partition coefficient (Wildman–Crippen LogP) is 1.81. The molecule has 84 valence electrons. The largest absolute Gasteiger partial charge is 0.455 e. The highest BCUT2D eigenvalue weighted by atomic mass is 16.6. The summed E-state index contributed by atoms with van der Waals surface area (Å²) >= 11 is 0. The van der Waals surface area contributed by atoms with E-state index >= 15 is 0 Å². The molecule has 0 aliphatic carbocycles. The third-order valence-corrected chi connectivity index (χ3v) is 1.65. The van der Waals surface area contributed by atoms with Gasteiger partial charge in [-0.15, -0.1) is 5.10 Å². The molecule has 0 aromatic carbocycles. The number of aromatic nitrogens is 3. The fourth-order valence-electron chi connectivity index (χ4n) is 0.953. The first kappa shape index (κ1) is 11.7. The van der Waals surface area contributed by atoms with E-state index in [1.165, 1.54) is 0 Å². The third kappa shape index (κ3) is 3.34. The van der Waals surface area contributed by atoms with E-state index in [9.17, 15) is 4.79 Å². The first-order valence-corrected chi connectivity index (χ1v) is 4.95. The lowest BCUT2D eigenvalue weighted by Crippen LogP contribution is -2.24. The quantitative estimate of drug-likeness (QED) is 0.700. The normalized spacial score (nSPS) is 11.9. The summed E-state index contributed by atoms with van der Waals surface area (Å²) in [6.45, 7) is 9.38. The molecule has 0 N–H and O–H groups in total. The Morgan fingerprint density at radius 1 is 1.47 bits per heavy atom. The van der Waals surface area contributed by atoms with E-state index in [2.05, 4.69) is 10.3 Å². The van der Waals surface area contributed by atoms with Crippen LogP contribution in [0, 0.1) is 0 Å². The van der Waals surface area contributed by atoms with Crippen LogP contribution in [0.4, 0.5) is 0 Å². The molecule has 0 saturated heterocycles. The summed E-state index contributed by atoms with van der Waals surface area (Å²) in [5.41, 5.74) is -0.253. The van der Waals surface area contributed by atoms with Crippen molar-refractivity contribution >= 4 is 5.97 Å². The average molecular weight is 211 g/mol. The Hall–Kier alpha value is -1.39. The molecular weight excluding hydrogens is 194 g/mol. The Morgan fingerprint density at radius 2 is 2.07 bits per heavy atom. The van der Waals surface area contributed by atoms with Crippen LogP contribution in [0.2, 0.25) is 0 Å². The van der Waals surface area contributed by atoms with Crippen LogP contribution in [0.5, 0.6) is 0 Å². The van der Waals surface area contributed by atoms with Gasteiger partial charge in [-0.25, -0.2) is 9.48 Å². The summed E-state index contributed by atoms with van der Waals surface area (Å²) in [6, 6.07) is 0.189. The summed E-state index contributed by atoms with van der Waals surface area (Å²) in [5, 5.41) is 7.59. The molecule has 0 spiro atoms. The molecule has 5 heteroatoms. The van der Waals surface area contributed by atoms with E-state index in [0.29, 0.717) is 0 Å². The second kappa shape index (κ2) is 4.00. The van der Waals surface area contributed by atoms with E-state index in [1.807, 2.05) is 34.6 Å². The van der Waals surface area contributed by atoms with Crippen molar-refractivity contribution in [3.8, 4) is 0 Å². The maximum absolute atomic E-state index is 11.6. The summed E-state index contributed by atoms with van der Waals surface area (Å²) in [4.78, 5) is 11.6. The van der Waals surface area contributed by atoms with Crippen LogP contribution in [0.15, 0.2) is 6.20 Å². The topological polar surface area (TPSA) is 57.0 Å². The Labute approximate surface area is 89.4 Å². The molecule has 0 saturated carbocycles. The summed E-state index contributed by atoms with van der Waals surface area (Å²) in [6.07, 6.45) is 1.60. The van der Waals surface area contributed by atoms with Gasteiger partial charge in [-0.2, -0.15) is 0 Å². The van der Waals surface area contributed by atoms with Crippen molar-refractivity contribution in [3.63, 3.8) is 0 Å². The lowest BCUT2D eigenvalue weighted by molar-refractivity contribution is 0.00627. The van der Waals surface area contributed by atoms with Crippen molar-refractivity contribution in [2.45, 2.75) is 46.3 Å². The lowest BCUT2D eigenvalue weighted by atomic mass is 10.2. The van der Waals surface area contributed by atoms with Gasteiger partial charge in [0.25, 0.3) is 0 Å². The highest BCUT2D eigenvalue weighted by molar-refractivity contribution is 5.87. The summed E-state index contributed by atoms with van der Waals surface area (Å²) < 4.78 is 6.79. The number of carbonyl (C=O) groups is 1. The predicted molar refractivity (Wildman–Crippen MR) is 55.6 cm³/mol. The molecule has 0 amide bonds. The van der Waals surface area contributed by atoms with E-state index in [1.54, 1.807) is 10.9 Å². The van der Waals surface area contributed by atoms with Crippen LogP contribution in [-0.2, 0) is 4.74 Å². The molecule has 1 aromatic heterocycles. The molecule has 1 heterocycles. The van der Waals surface area contributed by atoms with E-state index < -0.39 is 11.6 Å². The molecule has 0 aliphatic heterocycles. The van der Waals surface area contributed by atoms with E-state index in [0.717, 1.165) is 0 Å². The van der Waals surface area contributed by atoms with Gasteiger partial charge in [0.2, 0.25) is 0 Å². The Bertz CT molecular complexity index is 350. The molecule has 0 atom stereocenters. The zero-order valence-corrected chi connectivity index (χ0v) is 9.81. The second-order valence-corrected chi connectivity index (χ2v) is 4.68. The van der Waals surface area contributed by atoms with Crippen molar-refractivity contribution < 1.29 is 9.53 Å².